The summed E-state index contributed by atoms with van der Waals surface area (Å²) < 4.78 is 18.4. The fraction of sp³-hybridized carbons (Fsp3) is 0.261. The van der Waals surface area contributed by atoms with Gasteiger partial charge in [-0.25, -0.2) is 0 Å². The molecule has 0 atom stereocenters. The van der Waals surface area contributed by atoms with Gasteiger partial charge in [0.2, 0.25) is 5.91 Å². The van der Waals surface area contributed by atoms with Gasteiger partial charge in [-0.3, -0.25) is 9.36 Å². The molecule has 0 bridgehead atoms. The molecule has 8 nitrogen and oxygen atoms in total. The second-order valence-electron chi connectivity index (χ2n) is 6.92. The number of nitrogens with zero attached hydrogens (tertiary/aromatic N) is 3. The number of carbonyl (C=O) groups is 1. The number of ether oxygens (including phenoxy) is 3. The van der Waals surface area contributed by atoms with Crippen LogP contribution in [0.3, 0.4) is 0 Å². The van der Waals surface area contributed by atoms with Crippen molar-refractivity contribution < 1.29 is 19.0 Å². The molecule has 1 N–H and O–H groups in total. The Morgan fingerprint density at radius 1 is 1.15 bits per heavy atom. The Morgan fingerprint density at radius 2 is 1.91 bits per heavy atom. The quantitative estimate of drug-likeness (QED) is 0.307. The molecule has 0 fully saturated rings. The summed E-state index contributed by atoms with van der Waals surface area (Å²) in [4.78, 5) is 12.5. The topological polar surface area (TPSA) is 87.5 Å². The minimum atomic E-state index is -0.226. The number of hydrogen-bond donors (Lipinski definition) is 1. The monoisotopic (exact) mass is 488 g/mol. The molecule has 10 heteroatoms. The van der Waals surface area contributed by atoms with E-state index in [9.17, 15) is 4.79 Å². The Bertz CT molecular complexity index is 1140. The second kappa shape index (κ2) is 11.6. The Morgan fingerprint density at radius 3 is 2.64 bits per heavy atom. The predicted molar refractivity (Wildman–Crippen MR) is 130 cm³/mol. The summed E-state index contributed by atoms with van der Waals surface area (Å²) in [6, 6.07) is 10.7. The summed E-state index contributed by atoms with van der Waals surface area (Å²) in [5.41, 5.74) is 1.57. The van der Waals surface area contributed by atoms with Gasteiger partial charge < -0.3 is 19.5 Å². The minimum absolute atomic E-state index is 0.123. The van der Waals surface area contributed by atoms with Gasteiger partial charge in [0, 0.05) is 11.6 Å². The number of amides is 1. The highest BCUT2D eigenvalue weighted by Gasteiger charge is 2.16. The normalized spacial score (nSPS) is 10.5. The zero-order valence-electron chi connectivity index (χ0n) is 18.6. The standard InChI is InChI=1S/C23H25ClN4O4S/c1-5-10-28-21(13-32-19-8-6-15(2)11-20(19)31-4)26-27-23(28)33-14-22(29)25-17-12-16(24)7-9-18(17)30-3/h5-9,11-12H,1,10,13-14H2,2-4H3,(H,25,29). The molecule has 1 aromatic heterocycles. The van der Waals surface area contributed by atoms with Crippen LogP contribution in [0, 0.1) is 6.92 Å². The molecule has 3 aromatic rings. The molecular weight excluding hydrogens is 464 g/mol. The van der Waals surface area contributed by atoms with Crippen LogP contribution in [-0.4, -0.2) is 40.6 Å². The summed E-state index contributed by atoms with van der Waals surface area (Å²) in [6.07, 6.45) is 1.74. The van der Waals surface area contributed by atoms with Crippen molar-refractivity contribution in [2.24, 2.45) is 0 Å². The molecule has 1 heterocycles. The van der Waals surface area contributed by atoms with Crippen molar-refractivity contribution >= 4 is 35.0 Å². The largest absolute Gasteiger partial charge is 0.495 e. The number of rotatable bonds is 11. The van der Waals surface area contributed by atoms with Gasteiger partial charge in [-0.15, -0.1) is 16.8 Å². The first kappa shape index (κ1) is 24.5. The molecule has 0 spiro atoms. The first-order valence-corrected chi connectivity index (χ1v) is 11.4. The van der Waals surface area contributed by atoms with E-state index >= 15 is 0 Å². The number of allylic oxidation sites excluding steroid dienone is 1. The summed E-state index contributed by atoms with van der Waals surface area (Å²) in [5.74, 6) is 2.29. The molecular formula is C23H25ClN4O4S. The summed E-state index contributed by atoms with van der Waals surface area (Å²) >= 11 is 7.29. The van der Waals surface area contributed by atoms with E-state index in [1.54, 1.807) is 31.4 Å². The van der Waals surface area contributed by atoms with Crippen LogP contribution in [0.4, 0.5) is 5.69 Å². The number of hydrogen-bond acceptors (Lipinski definition) is 7. The fourth-order valence-corrected chi connectivity index (χ4v) is 3.91. The van der Waals surface area contributed by atoms with Crippen molar-refractivity contribution in [2.45, 2.75) is 25.2 Å². The first-order chi connectivity index (χ1) is 15.9. The fourth-order valence-electron chi connectivity index (χ4n) is 2.98. The van der Waals surface area contributed by atoms with E-state index in [-0.39, 0.29) is 18.3 Å². The molecule has 0 unspecified atom stereocenters. The number of thioether (sulfide) groups is 1. The Balaban J connectivity index is 1.66. The van der Waals surface area contributed by atoms with Crippen molar-refractivity contribution in [3.05, 3.63) is 65.5 Å². The molecule has 0 aliphatic rings. The zero-order valence-corrected chi connectivity index (χ0v) is 20.2. The smallest absolute Gasteiger partial charge is 0.234 e. The highest BCUT2D eigenvalue weighted by atomic mass is 35.5. The van der Waals surface area contributed by atoms with E-state index in [1.165, 1.54) is 18.9 Å². The Hall–Kier alpha value is -3.17. The van der Waals surface area contributed by atoms with Crippen LogP contribution < -0.4 is 19.5 Å². The lowest BCUT2D eigenvalue weighted by Gasteiger charge is -2.12. The highest BCUT2D eigenvalue weighted by molar-refractivity contribution is 7.99. The maximum absolute atomic E-state index is 12.5. The molecule has 3 rings (SSSR count). The van der Waals surface area contributed by atoms with Crippen LogP contribution in [0.15, 0.2) is 54.2 Å². The molecule has 33 heavy (non-hydrogen) atoms. The van der Waals surface area contributed by atoms with E-state index in [1.807, 2.05) is 29.7 Å². The number of benzene rings is 2. The third kappa shape index (κ3) is 6.43. The van der Waals surface area contributed by atoms with Gasteiger partial charge >= 0.3 is 0 Å². The Kier molecular flexibility index (Phi) is 8.62. The summed E-state index contributed by atoms with van der Waals surface area (Å²) in [6.45, 7) is 6.44. The van der Waals surface area contributed by atoms with Gasteiger partial charge in [0.25, 0.3) is 0 Å². The average molecular weight is 489 g/mol. The van der Waals surface area contributed by atoms with Crippen molar-refractivity contribution in [1.29, 1.82) is 0 Å². The number of anilines is 1. The van der Waals surface area contributed by atoms with Gasteiger partial charge in [-0.05, 0) is 42.8 Å². The van der Waals surface area contributed by atoms with Gasteiger partial charge in [-0.2, -0.15) is 0 Å². The van der Waals surface area contributed by atoms with Crippen molar-refractivity contribution in [3.63, 3.8) is 0 Å². The van der Waals surface area contributed by atoms with Crippen LogP contribution in [-0.2, 0) is 17.9 Å². The van der Waals surface area contributed by atoms with Gasteiger partial charge in [0.15, 0.2) is 22.5 Å². The summed E-state index contributed by atoms with van der Waals surface area (Å²) in [7, 11) is 3.13. The van der Waals surface area contributed by atoms with Gasteiger partial charge in [0.05, 0.1) is 25.7 Å². The molecule has 0 aliphatic heterocycles. The van der Waals surface area contributed by atoms with E-state index in [0.717, 1.165) is 5.56 Å². The lowest BCUT2D eigenvalue weighted by Crippen LogP contribution is -2.15. The third-order valence-electron chi connectivity index (χ3n) is 4.55. The summed E-state index contributed by atoms with van der Waals surface area (Å²) in [5, 5.41) is 12.3. The van der Waals surface area contributed by atoms with E-state index in [2.05, 4.69) is 22.1 Å². The minimum Gasteiger partial charge on any atom is -0.495 e. The SMILES string of the molecule is C=CCn1c(COc2ccc(C)cc2OC)nnc1SCC(=O)Nc1cc(Cl)ccc1OC. The van der Waals surface area contributed by atoms with Crippen molar-refractivity contribution in [1.82, 2.24) is 14.8 Å². The van der Waals surface area contributed by atoms with Gasteiger partial charge in [0.1, 0.15) is 12.4 Å². The van der Waals surface area contributed by atoms with Crippen LogP contribution in [0.1, 0.15) is 11.4 Å². The van der Waals surface area contributed by atoms with Crippen LogP contribution in [0.25, 0.3) is 0 Å². The van der Waals surface area contributed by atoms with Crippen LogP contribution in [0.2, 0.25) is 5.02 Å². The number of halogens is 1. The number of aryl methyl sites for hydroxylation is 1. The first-order valence-electron chi connectivity index (χ1n) is 10.0. The molecule has 2 aromatic carbocycles. The molecule has 0 saturated heterocycles. The zero-order chi connectivity index (χ0) is 23.8. The van der Waals surface area contributed by atoms with Crippen molar-refractivity contribution in [3.8, 4) is 17.2 Å². The van der Waals surface area contributed by atoms with Gasteiger partial charge in [-0.1, -0.05) is 35.5 Å². The number of carbonyl (C=O) groups excluding carboxylic acids is 1. The molecule has 0 radical (unpaired) electrons. The molecule has 1 amide bonds. The predicted octanol–water partition coefficient (Wildman–Crippen LogP) is 4.75. The number of nitrogens with one attached hydrogen (secondary N) is 1. The lowest BCUT2D eigenvalue weighted by molar-refractivity contribution is -0.113. The number of methoxy groups -OCH3 is 2. The van der Waals surface area contributed by atoms with Crippen LogP contribution >= 0.6 is 23.4 Å². The maximum atomic E-state index is 12.5. The van der Waals surface area contributed by atoms with E-state index < -0.39 is 0 Å². The average Bonchev–Trinajstić information content (AvgIpc) is 3.18. The third-order valence-corrected chi connectivity index (χ3v) is 5.75. The van der Waals surface area contributed by atoms with Crippen molar-refractivity contribution in [2.75, 3.05) is 25.3 Å². The number of aromatic nitrogens is 3. The van der Waals surface area contributed by atoms with Crippen LogP contribution in [0.5, 0.6) is 17.2 Å². The molecule has 174 valence electrons. The highest BCUT2D eigenvalue weighted by Crippen LogP contribution is 2.30. The lowest BCUT2D eigenvalue weighted by atomic mass is 10.2. The molecule has 0 saturated carbocycles. The maximum Gasteiger partial charge on any atom is 0.234 e. The van der Waals surface area contributed by atoms with E-state index in [4.69, 9.17) is 25.8 Å². The van der Waals surface area contributed by atoms with E-state index in [0.29, 0.717) is 45.5 Å². The molecule has 0 aliphatic carbocycles. The Labute approximate surface area is 201 Å². The second-order valence-corrected chi connectivity index (χ2v) is 8.30.